The van der Waals surface area contributed by atoms with E-state index >= 15 is 0 Å². The molecule has 2 aromatic rings. The number of ketones is 1. The average molecular weight is 409 g/mol. The maximum Gasteiger partial charge on any atom is 0.295 e. The lowest BCUT2D eigenvalue weighted by Crippen LogP contribution is -2.36. The number of nitrogens with zero attached hydrogens (tertiary/aromatic N) is 1. The SMILES string of the molecule is COc1ccc(/C(O)=C2\C(=O)C(=O)N(C[C@H]3CCCO3)[C@H]2c2cccc(O)c2)cc1. The molecule has 2 aliphatic rings. The molecule has 2 heterocycles. The van der Waals surface area contributed by atoms with E-state index in [0.29, 0.717) is 23.5 Å². The third-order valence-corrected chi connectivity index (χ3v) is 5.51. The molecule has 0 radical (unpaired) electrons. The summed E-state index contributed by atoms with van der Waals surface area (Å²) in [5.41, 5.74) is 0.937. The van der Waals surface area contributed by atoms with Gasteiger partial charge < -0.3 is 24.6 Å². The second kappa shape index (κ2) is 8.20. The average Bonchev–Trinajstić information content (AvgIpc) is 3.36. The van der Waals surface area contributed by atoms with Crippen LogP contribution in [0, 0.1) is 0 Å². The monoisotopic (exact) mass is 409 g/mol. The number of benzene rings is 2. The molecule has 0 aromatic heterocycles. The number of aromatic hydroxyl groups is 1. The van der Waals surface area contributed by atoms with Crippen molar-refractivity contribution >= 4 is 17.4 Å². The predicted octanol–water partition coefficient (Wildman–Crippen LogP) is 3.00. The molecule has 0 saturated carbocycles. The fourth-order valence-corrected chi connectivity index (χ4v) is 4.02. The largest absolute Gasteiger partial charge is 0.508 e. The maximum absolute atomic E-state index is 13.0. The summed E-state index contributed by atoms with van der Waals surface area (Å²) in [7, 11) is 1.54. The second-order valence-corrected chi connectivity index (χ2v) is 7.41. The van der Waals surface area contributed by atoms with Crippen LogP contribution in [0.4, 0.5) is 0 Å². The van der Waals surface area contributed by atoms with Gasteiger partial charge in [-0.1, -0.05) is 12.1 Å². The number of likely N-dealkylation sites (tertiary alicyclic amines) is 1. The third kappa shape index (κ3) is 3.64. The van der Waals surface area contributed by atoms with Crippen molar-refractivity contribution in [2.75, 3.05) is 20.3 Å². The Morgan fingerprint density at radius 1 is 1.20 bits per heavy atom. The summed E-state index contributed by atoms with van der Waals surface area (Å²) in [6.07, 6.45) is 1.54. The van der Waals surface area contributed by atoms with Crippen molar-refractivity contribution in [3.05, 3.63) is 65.2 Å². The van der Waals surface area contributed by atoms with Crippen LogP contribution < -0.4 is 4.74 Å². The van der Waals surface area contributed by atoms with E-state index in [-0.39, 0.29) is 29.7 Å². The summed E-state index contributed by atoms with van der Waals surface area (Å²) in [5, 5.41) is 21.0. The normalized spacial score (nSPS) is 23.2. The standard InChI is InChI=1S/C23H23NO6/c1-29-17-9-7-14(8-10-17)21(26)19-20(15-4-2-5-16(25)12-15)24(23(28)22(19)27)13-18-6-3-11-30-18/h2,4-5,7-10,12,18,20,25-26H,3,6,11,13H2,1H3/b21-19+/t18-,20+/m1/s1. The zero-order valence-corrected chi connectivity index (χ0v) is 16.6. The first kappa shape index (κ1) is 20.0. The zero-order chi connectivity index (χ0) is 21.3. The number of phenolic OH excluding ortho intramolecular Hbond substituents is 1. The fraction of sp³-hybridized carbons (Fsp3) is 0.304. The minimum absolute atomic E-state index is 0.00577. The van der Waals surface area contributed by atoms with E-state index in [0.717, 1.165) is 12.8 Å². The van der Waals surface area contributed by atoms with Gasteiger partial charge in [-0.25, -0.2) is 0 Å². The number of Topliss-reactive ketones (excluding diaryl/α,β-unsaturated/α-hetero) is 1. The Kier molecular flexibility index (Phi) is 5.46. The molecule has 2 aromatic carbocycles. The molecule has 2 N–H and O–H groups in total. The van der Waals surface area contributed by atoms with E-state index < -0.39 is 17.7 Å². The van der Waals surface area contributed by atoms with Crippen molar-refractivity contribution < 1.29 is 29.3 Å². The molecule has 30 heavy (non-hydrogen) atoms. The topological polar surface area (TPSA) is 96.3 Å². The molecule has 0 unspecified atom stereocenters. The Morgan fingerprint density at radius 2 is 1.97 bits per heavy atom. The van der Waals surface area contributed by atoms with E-state index in [1.54, 1.807) is 36.4 Å². The molecule has 1 amide bonds. The lowest BCUT2D eigenvalue weighted by molar-refractivity contribution is -0.140. The summed E-state index contributed by atoms with van der Waals surface area (Å²) >= 11 is 0. The molecule has 0 aliphatic carbocycles. The Balaban J connectivity index is 1.81. The van der Waals surface area contributed by atoms with Crippen molar-refractivity contribution in [3.63, 3.8) is 0 Å². The highest BCUT2D eigenvalue weighted by molar-refractivity contribution is 6.46. The van der Waals surface area contributed by atoms with Crippen LogP contribution in [0.1, 0.15) is 30.0 Å². The number of phenols is 1. The molecule has 2 saturated heterocycles. The van der Waals surface area contributed by atoms with Crippen LogP contribution in [0.5, 0.6) is 11.5 Å². The number of carbonyl (C=O) groups is 2. The first-order valence-electron chi connectivity index (χ1n) is 9.83. The van der Waals surface area contributed by atoms with E-state index in [1.165, 1.54) is 24.1 Å². The zero-order valence-electron chi connectivity index (χ0n) is 16.6. The van der Waals surface area contributed by atoms with Gasteiger partial charge in [0.25, 0.3) is 11.7 Å². The van der Waals surface area contributed by atoms with Gasteiger partial charge >= 0.3 is 0 Å². The van der Waals surface area contributed by atoms with Crippen molar-refractivity contribution in [2.45, 2.75) is 25.0 Å². The van der Waals surface area contributed by atoms with Gasteiger partial charge in [0.2, 0.25) is 0 Å². The highest BCUT2D eigenvalue weighted by Crippen LogP contribution is 2.40. The predicted molar refractivity (Wildman–Crippen MR) is 109 cm³/mol. The van der Waals surface area contributed by atoms with E-state index in [1.807, 2.05) is 0 Å². The molecule has 4 rings (SSSR count). The van der Waals surface area contributed by atoms with Crippen LogP contribution >= 0.6 is 0 Å². The Bertz CT molecular complexity index is 991. The molecular weight excluding hydrogens is 386 g/mol. The van der Waals surface area contributed by atoms with Crippen LogP contribution in [0.2, 0.25) is 0 Å². The van der Waals surface area contributed by atoms with E-state index in [2.05, 4.69) is 0 Å². The summed E-state index contributed by atoms with van der Waals surface area (Å²) in [5.74, 6) is -1.09. The van der Waals surface area contributed by atoms with Crippen LogP contribution in [-0.2, 0) is 14.3 Å². The number of hydrogen-bond acceptors (Lipinski definition) is 6. The molecule has 156 valence electrons. The molecule has 2 aliphatic heterocycles. The Morgan fingerprint density at radius 3 is 2.60 bits per heavy atom. The Hall–Kier alpha value is -3.32. The lowest BCUT2D eigenvalue weighted by Gasteiger charge is -2.27. The number of carbonyl (C=O) groups excluding carboxylic acids is 2. The quantitative estimate of drug-likeness (QED) is 0.448. The number of ether oxygens (including phenoxy) is 2. The molecule has 7 nitrogen and oxygen atoms in total. The van der Waals surface area contributed by atoms with Gasteiger partial charge in [-0.2, -0.15) is 0 Å². The first-order chi connectivity index (χ1) is 14.5. The lowest BCUT2D eigenvalue weighted by atomic mass is 9.95. The number of aliphatic hydroxyl groups excluding tert-OH is 1. The van der Waals surface area contributed by atoms with Crippen molar-refractivity contribution in [1.82, 2.24) is 4.90 Å². The fourth-order valence-electron chi connectivity index (χ4n) is 4.02. The maximum atomic E-state index is 13.0. The van der Waals surface area contributed by atoms with Gasteiger partial charge in [-0.3, -0.25) is 9.59 Å². The number of rotatable bonds is 5. The van der Waals surface area contributed by atoms with Gasteiger partial charge in [0.1, 0.15) is 17.3 Å². The van der Waals surface area contributed by atoms with Crippen LogP contribution in [0.15, 0.2) is 54.1 Å². The van der Waals surface area contributed by atoms with Crippen molar-refractivity contribution in [3.8, 4) is 11.5 Å². The Labute approximate surface area is 174 Å². The highest BCUT2D eigenvalue weighted by Gasteiger charge is 2.47. The molecule has 0 spiro atoms. The van der Waals surface area contributed by atoms with Crippen LogP contribution in [0.25, 0.3) is 5.76 Å². The van der Waals surface area contributed by atoms with Crippen molar-refractivity contribution in [1.29, 1.82) is 0 Å². The van der Waals surface area contributed by atoms with E-state index in [4.69, 9.17) is 9.47 Å². The number of hydrogen-bond donors (Lipinski definition) is 2. The number of amides is 1. The van der Waals surface area contributed by atoms with Gasteiger partial charge in [0.15, 0.2) is 0 Å². The van der Waals surface area contributed by atoms with E-state index in [9.17, 15) is 19.8 Å². The molecule has 2 atom stereocenters. The van der Waals surface area contributed by atoms with Crippen LogP contribution in [-0.4, -0.2) is 53.2 Å². The second-order valence-electron chi connectivity index (χ2n) is 7.41. The summed E-state index contributed by atoms with van der Waals surface area (Å²) in [6, 6.07) is 12.1. The highest BCUT2D eigenvalue weighted by atomic mass is 16.5. The molecular formula is C23H23NO6. The van der Waals surface area contributed by atoms with Gasteiger partial charge in [0.05, 0.1) is 24.8 Å². The molecule has 0 bridgehead atoms. The van der Waals surface area contributed by atoms with Gasteiger partial charge in [-0.15, -0.1) is 0 Å². The summed E-state index contributed by atoms with van der Waals surface area (Å²) in [6.45, 7) is 0.863. The van der Waals surface area contributed by atoms with Crippen molar-refractivity contribution in [2.24, 2.45) is 0 Å². The molecule has 2 fully saturated rings. The number of methoxy groups -OCH3 is 1. The van der Waals surface area contributed by atoms with Gasteiger partial charge in [-0.05, 0) is 54.8 Å². The molecule has 7 heteroatoms. The smallest absolute Gasteiger partial charge is 0.295 e. The number of aliphatic hydroxyl groups is 1. The summed E-state index contributed by atoms with van der Waals surface area (Å²) in [4.78, 5) is 27.3. The summed E-state index contributed by atoms with van der Waals surface area (Å²) < 4.78 is 10.8. The first-order valence-corrected chi connectivity index (χ1v) is 9.83. The van der Waals surface area contributed by atoms with Gasteiger partial charge in [0, 0.05) is 18.7 Å². The minimum atomic E-state index is -0.816. The third-order valence-electron chi connectivity index (χ3n) is 5.51. The van der Waals surface area contributed by atoms with Crippen LogP contribution in [0.3, 0.4) is 0 Å². The minimum Gasteiger partial charge on any atom is -0.508 e.